The second kappa shape index (κ2) is 41.1. The summed E-state index contributed by atoms with van der Waals surface area (Å²) in [6.07, 6.45) is 32.9. The maximum absolute atomic E-state index is 13.6. The zero-order valence-corrected chi connectivity index (χ0v) is 39.0. The molecule has 10 nitrogen and oxygen atoms in total. The fourth-order valence-electron chi connectivity index (χ4n) is 6.36. The molecule has 0 aliphatic heterocycles. The number of unbranched alkanes of at least 4 members (excludes halogenated alkanes) is 27. The van der Waals surface area contributed by atoms with Crippen LogP contribution in [0.15, 0.2) is 36.5 Å². The molecule has 0 aliphatic rings. The lowest BCUT2D eigenvalue weighted by atomic mass is 10.1. The Bertz CT molecular complexity index is 1010. The average Bonchev–Trinajstić information content (AvgIpc) is 3.20. The summed E-state index contributed by atoms with van der Waals surface area (Å²) < 4.78 is 46.5. The molecule has 0 saturated carbocycles. The van der Waals surface area contributed by atoms with Gasteiger partial charge in [0.2, 0.25) is 0 Å². The summed E-state index contributed by atoms with van der Waals surface area (Å²) in [6.45, 7) is 18.4. The van der Waals surface area contributed by atoms with Crippen LogP contribution in [0.2, 0.25) is 0 Å². The molecule has 0 rings (SSSR count). The highest BCUT2D eigenvalue weighted by atomic mass is 31.2. The predicted octanol–water partition coefficient (Wildman–Crippen LogP) is 14.2. The number of phosphoric acid groups is 1. The van der Waals surface area contributed by atoms with Gasteiger partial charge in [-0.15, -0.1) is 0 Å². The summed E-state index contributed by atoms with van der Waals surface area (Å²) in [5, 5.41) is 0. The maximum atomic E-state index is 13.6. The van der Waals surface area contributed by atoms with Crippen molar-refractivity contribution in [1.82, 2.24) is 0 Å². The van der Waals surface area contributed by atoms with E-state index in [0.29, 0.717) is 56.4 Å². The molecule has 344 valence electrons. The number of esters is 3. The largest absolute Gasteiger partial charge is 0.474 e. The minimum atomic E-state index is -3.59. The molecule has 0 saturated heterocycles. The number of rotatable bonds is 45. The second-order valence-electron chi connectivity index (χ2n) is 16.3. The van der Waals surface area contributed by atoms with Crippen LogP contribution in [0, 0.1) is 0 Å². The molecule has 0 amide bonds. The molecular weight excluding hydrogens is 767 g/mol. The normalized spacial score (nSPS) is 11.4. The van der Waals surface area contributed by atoms with E-state index in [2.05, 4.69) is 19.7 Å². The first-order chi connectivity index (χ1) is 28.5. The summed E-state index contributed by atoms with van der Waals surface area (Å²) in [6, 6.07) is 0. The molecule has 0 bridgehead atoms. The number of hydrogen-bond donors (Lipinski definition) is 0. The number of carbonyl (C=O) groups excluding carboxylic acids is 3. The highest BCUT2D eigenvalue weighted by molar-refractivity contribution is 7.48. The zero-order chi connectivity index (χ0) is 43.7. The maximum Gasteiger partial charge on any atom is 0.474 e. The lowest BCUT2D eigenvalue weighted by molar-refractivity contribution is -0.139. The first kappa shape index (κ1) is 56.7. The van der Waals surface area contributed by atoms with E-state index in [4.69, 9.17) is 27.8 Å². The van der Waals surface area contributed by atoms with Crippen molar-refractivity contribution in [2.24, 2.45) is 0 Å². The van der Waals surface area contributed by atoms with Gasteiger partial charge in [-0.2, -0.15) is 0 Å². The fourth-order valence-corrected chi connectivity index (χ4v) is 7.64. The van der Waals surface area contributed by atoms with Crippen molar-refractivity contribution in [2.75, 3.05) is 39.6 Å². The van der Waals surface area contributed by atoms with Gasteiger partial charge < -0.3 is 14.2 Å². The third-order valence-electron chi connectivity index (χ3n) is 10.1. The van der Waals surface area contributed by atoms with E-state index in [9.17, 15) is 18.9 Å². The smallest absolute Gasteiger partial charge is 0.462 e. The van der Waals surface area contributed by atoms with Gasteiger partial charge in [0.25, 0.3) is 0 Å². The summed E-state index contributed by atoms with van der Waals surface area (Å²) in [5.41, 5.74) is 1.35. The third-order valence-corrected chi connectivity index (χ3v) is 11.6. The van der Waals surface area contributed by atoms with Crippen LogP contribution in [0.5, 0.6) is 0 Å². The van der Waals surface area contributed by atoms with Crippen LogP contribution in [0.4, 0.5) is 0 Å². The Labute approximate surface area is 361 Å². The van der Waals surface area contributed by atoms with Crippen LogP contribution >= 0.6 is 7.82 Å². The highest BCUT2D eigenvalue weighted by Gasteiger charge is 2.26. The van der Waals surface area contributed by atoms with Crippen molar-refractivity contribution in [1.29, 1.82) is 0 Å². The number of carbonyl (C=O) groups is 3. The molecule has 0 aromatic carbocycles. The molecule has 0 atom stereocenters. The van der Waals surface area contributed by atoms with Crippen molar-refractivity contribution < 1.29 is 46.7 Å². The Morgan fingerprint density at radius 3 is 0.627 bits per heavy atom. The van der Waals surface area contributed by atoms with Gasteiger partial charge in [-0.25, -0.2) is 18.9 Å². The average molecular weight is 855 g/mol. The Hall–Kier alpha value is -2.26. The van der Waals surface area contributed by atoms with Gasteiger partial charge in [0.05, 0.1) is 39.6 Å². The monoisotopic (exact) mass is 855 g/mol. The molecular formula is C48H87O10P. The molecule has 0 N–H and O–H groups in total. The van der Waals surface area contributed by atoms with Crippen molar-refractivity contribution in [3.8, 4) is 0 Å². The topological polar surface area (TPSA) is 124 Å². The molecule has 0 unspecified atom stereocenters. The lowest BCUT2D eigenvalue weighted by Gasteiger charge is -2.18. The molecule has 59 heavy (non-hydrogen) atoms. The Morgan fingerprint density at radius 2 is 0.458 bits per heavy atom. The standard InChI is InChI=1S/C48H87O10P/c1-43(2)46(49)53-37-31-25-19-13-7-10-16-22-28-34-40-56-59(52,57-41-35-29-23-17-11-8-14-20-26-32-38-54-47(50)44(3)4)58-42-36-30-24-18-12-9-15-21-27-33-39-55-48(51)45(5)6/h1,3,5,7-42H2,2,4,6H3. The van der Waals surface area contributed by atoms with Crippen molar-refractivity contribution >= 4 is 25.7 Å². The van der Waals surface area contributed by atoms with Crippen molar-refractivity contribution in [2.45, 2.75) is 213 Å². The van der Waals surface area contributed by atoms with Crippen LogP contribution in [0.1, 0.15) is 213 Å². The molecule has 0 radical (unpaired) electrons. The minimum Gasteiger partial charge on any atom is -0.462 e. The first-order valence-corrected chi connectivity index (χ1v) is 25.0. The summed E-state index contributed by atoms with van der Waals surface area (Å²) in [7, 11) is -3.59. The van der Waals surface area contributed by atoms with E-state index in [-0.39, 0.29) is 17.9 Å². The van der Waals surface area contributed by atoms with E-state index < -0.39 is 7.82 Å². The second-order valence-corrected chi connectivity index (χ2v) is 18.0. The SMILES string of the molecule is C=C(C)C(=O)OCCCCCCCCCCCCOP(=O)(OCCCCCCCCCCCCOC(=O)C(=C)C)OCCCCCCCCCCCCOC(=O)C(=C)C. The van der Waals surface area contributed by atoms with Crippen molar-refractivity contribution in [3.63, 3.8) is 0 Å². The predicted molar refractivity (Wildman–Crippen MR) is 241 cm³/mol. The van der Waals surface area contributed by atoms with Crippen LogP contribution < -0.4 is 0 Å². The van der Waals surface area contributed by atoms with Crippen LogP contribution in [-0.2, 0) is 46.7 Å². The zero-order valence-electron chi connectivity index (χ0n) is 38.1. The van der Waals surface area contributed by atoms with Gasteiger partial charge in [0.15, 0.2) is 0 Å². The quantitative estimate of drug-likeness (QED) is 0.0192. The lowest BCUT2D eigenvalue weighted by Crippen LogP contribution is -2.05. The van der Waals surface area contributed by atoms with E-state index in [0.717, 1.165) is 116 Å². The van der Waals surface area contributed by atoms with Crippen molar-refractivity contribution in [3.05, 3.63) is 36.5 Å². The number of ether oxygens (including phenoxy) is 3. The summed E-state index contributed by atoms with van der Waals surface area (Å²) >= 11 is 0. The number of phosphoric ester groups is 1. The van der Waals surface area contributed by atoms with E-state index in [1.165, 1.54) is 77.0 Å². The molecule has 0 fully saturated rings. The third kappa shape index (κ3) is 39.6. The van der Waals surface area contributed by atoms with Crippen LogP contribution in [0.3, 0.4) is 0 Å². The van der Waals surface area contributed by atoms with E-state index >= 15 is 0 Å². The van der Waals surface area contributed by atoms with Gasteiger partial charge in [0, 0.05) is 16.7 Å². The summed E-state index contributed by atoms with van der Waals surface area (Å²) in [5.74, 6) is -0.905. The summed E-state index contributed by atoms with van der Waals surface area (Å²) in [4.78, 5) is 34.3. The van der Waals surface area contributed by atoms with Gasteiger partial charge in [-0.3, -0.25) is 13.6 Å². The highest BCUT2D eigenvalue weighted by Crippen LogP contribution is 2.50. The van der Waals surface area contributed by atoms with Gasteiger partial charge in [0.1, 0.15) is 0 Å². The fraction of sp³-hybridized carbons (Fsp3) is 0.812. The number of hydrogen-bond acceptors (Lipinski definition) is 10. The minimum absolute atomic E-state index is 0.302. The molecule has 0 spiro atoms. The molecule has 0 aromatic heterocycles. The Kier molecular flexibility index (Phi) is 39.5. The first-order valence-electron chi connectivity index (χ1n) is 23.5. The van der Waals surface area contributed by atoms with Gasteiger partial charge >= 0.3 is 25.7 Å². The van der Waals surface area contributed by atoms with Crippen LogP contribution in [0.25, 0.3) is 0 Å². The van der Waals surface area contributed by atoms with Gasteiger partial charge in [-0.1, -0.05) is 174 Å². The van der Waals surface area contributed by atoms with E-state index in [1.807, 2.05) is 0 Å². The van der Waals surface area contributed by atoms with Gasteiger partial charge in [-0.05, 0) is 59.3 Å². The molecule has 0 aliphatic carbocycles. The molecule has 0 aromatic rings. The molecule has 0 heterocycles. The van der Waals surface area contributed by atoms with Crippen LogP contribution in [-0.4, -0.2) is 57.5 Å². The Balaban J connectivity index is 4.19. The van der Waals surface area contributed by atoms with E-state index in [1.54, 1.807) is 20.8 Å². The Morgan fingerprint density at radius 1 is 0.305 bits per heavy atom. The molecule has 11 heteroatoms.